The van der Waals surface area contributed by atoms with Crippen molar-refractivity contribution in [2.45, 2.75) is 37.6 Å². The van der Waals surface area contributed by atoms with E-state index in [-0.39, 0.29) is 11.4 Å². The second kappa shape index (κ2) is 4.79. The van der Waals surface area contributed by atoms with Gasteiger partial charge in [-0.15, -0.1) is 0 Å². The molecule has 1 aliphatic rings. The van der Waals surface area contributed by atoms with E-state index in [4.69, 9.17) is 5.73 Å². The number of anilines is 1. The smallest absolute Gasteiger partial charge is 0.226 e. The Morgan fingerprint density at radius 1 is 1.47 bits per heavy atom. The molecule has 1 heterocycles. The third-order valence-electron chi connectivity index (χ3n) is 3.12. The van der Waals surface area contributed by atoms with Gasteiger partial charge in [0.05, 0.1) is 11.9 Å². The number of pyridine rings is 1. The lowest BCUT2D eigenvalue weighted by Gasteiger charge is -2.22. The zero-order chi connectivity index (χ0) is 12.3. The molecule has 1 aliphatic carbocycles. The van der Waals surface area contributed by atoms with E-state index in [0.717, 1.165) is 25.7 Å². The van der Waals surface area contributed by atoms with E-state index in [1.807, 2.05) is 0 Å². The van der Waals surface area contributed by atoms with Crippen LogP contribution in [0.5, 0.6) is 0 Å². The van der Waals surface area contributed by atoms with E-state index in [9.17, 15) is 9.18 Å². The minimum atomic E-state index is -0.561. The first-order chi connectivity index (χ1) is 8.07. The molecule has 0 bridgehead atoms. The lowest BCUT2D eigenvalue weighted by molar-refractivity contribution is -0.117. The predicted octanol–water partition coefficient (Wildman–Crippen LogP) is 1.82. The minimum Gasteiger partial charge on any atom is -0.325 e. The molecular formula is C12H16FN3O. The van der Waals surface area contributed by atoms with Crippen LogP contribution in [0.3, 0.4) is 0 Å². The van der Waals surface area contributed by atoms with E-state index < -0.39 is 5.95 Å². The second-order valence-electron chi connectivity index (χ2n) is 4.66. The minimum absolute atomic E-state index is 0.136. The first kappa shape index (κ1) is 12.0. The normalized spacial score (nSPS) is 18.0. The topological polar surface area (TPSA) is 68.0 Å². The first-order valence-electron chi connectivity index (χ1n) is 5.78. The summed E-state index contributed by atoms with van der Waals surface area (Å²) in [6.07, 6.45) is 5.56. The Morgan fingerprint density at radius 2 is 2.18 bits per heavy atom. The molecule has 2 rings (SSSR count). The van der Waals surface area contributed by atoms with E-state index in [1.165, 1.54) is 18.3 Å². The molecule has 1 aromatic heterocycles. The van der Waals surface area contributed by atoms with Gasteiger partial charge in [0.1, 0.15) is 0 Å². The highest BCUT2D eigenvalue weighted by Gasteiger charge is 2.31. The standard InChI is InChI=1S/C12H16FN3O/c13-10-4-3-9(8-15-10)16-11(17)7-12(14)5-1-2-6-12/h3-4,8H,1-2,5-7,14H2,(H,16,17). The van der Waals surface area contributed by atoms with Crippen molar-refractivity contribution in [2.24, 2.45) is 5.73 Å². The number of halogens is 1. The fourth-order valence-corrected chi connectivity index (χ4v) is 2.23. The first-order valence-corrected chi connectivity index (χ1v) is 5.78. The fourth-order valence-electron chi connectivity index (χ4n) is 2.23. The number of nitrogens with one attached hydrogen (secondary N) is 1. The van der Waals surface area contributed by atoms with Crippen LogP contribution in [-0.2, 0) is 4.79 Å². The molecule has 5 heteroatoms. The highest BCUT2D eigenvalue weighted by Crippen LogP contribution is 2.30. The summed E-state index contributed by atoms with van der Waals surface area (Å²) in [4.78, 5) is 15.2. The molecule has 1 aromatic rings. The van der Waals surface area contributed by atoms with E-state index in [1.54, 1.807) is 0 Å². The number of rotatable bonds is 3. The summed E-state index contributed by atoms with van der Waals surface area (Å²) < 4.78 is 12.6. The summed E-state index contributed by atoms with van der Waals surface area (Å²) in [5, 5.41) is 2.67. The van der Waals surface area contributed by atoms with Gasteiger partial charge in [-0.25, -0.2) is 4.98 Å². The molecule has 0 atom stereocenters. The maximum absolute atomic E-state index is 12.6. The van der Waals surface area contributed by atoms with Crippen molar-refractivity contribution in [2.75, 3.05) is 5.32 Å². The van der Waals surface area contributed by atoms with Crippen molar-refractivity contribution in [3.63, 3.8) is 0 Å². The van der Waals surface area contributed by atoms with Gasteiger partial charge >= 0.3 is 0 Å². The van der Waals surface area contributed by atoms with Crippen molar-refractivity contribution in [3.8, 4) is 0 Å². The summed E-state index contributed by atoms with van der Waals surface area (Å²) in [7, 11) is 0. The number of carbonyl (C=O) groups is 1. The Labute approximate surface area is 99.4 Å². The van der Waals surface area contributed by atoms with Crippen LogP contribution in [0.1, 0.15) is 32.1 Å². The van der Waals surface area contributed by atoms with Crippen LogP contribution in [0.2, 0.25) is 0 Å². The fraction of sp³-hybridized carbons (Fsp3) is 0.500. The van der Waals surface area contributed by atoms with Gasteiger partial charge in [0.15, 0.2) is 0 Å². The number of carbonyl (C=O) groups excluding carboxylic acids is 1. The van der Waals surface area contributed by atoms with Crippen molar-refractivity contribution in [1.29, 1.82) is 0 Å². The summed E-state index contributed by atoms with van der Waals surface area (Å²) in [6.45, 7) is 0. The van der Waals surface area contributed by atoms with Gasteiger partial charge < -0.3 is 11.1 Å². The van der Waals surface area contributed by atoms with Crippen molar-refractivity contribution < 1.29 is 9.18 Å². The van der Waals surface area contributed by atoms with Gasteiger partial charge in [-0.3, -0.25) is 4.79 Å². The quantitative estimate of drug-likeness (QED) is 0.788. The van der Waals surface area contributed by atoms with Gasteiger partial charge in [0, 0.05) is 12.0 Å². The van der Waals surface area contributed by atoms with Gasteiger partial charge in [-0.05, 0) is 25.0 Å². The third kappa shape index (κ3) is 3.23. The molecule has 1 amide bonds. The van der Waals surface area contributed by atoms with Crippen LogP contribution >= 0.6 is 0 Å². The number of aromatic nitrogens is 1. The summed E-state index contributed by atoms with van der Waals surface area (Å²) in [6, 6.07) is 2.70. The van der Waals surface area contributed by atoms with Gasteiger partial charge in [0.25, 0.3) is 0 Å². The Hall–Kier alpha value is -1.49. The molecular weight excluding hydrogens is 221 g/mol. The third-order valence-corrected chi connectivity index (χ3v) is 3.12. The Bertz CT molecular complexity index is 399. The molecule has 92 valence electrons. The molecule has 0 aliphatic heterocycles. The monoisotopic (exact) mass is 237 g/mol. The molecule has 1 saturated carbocycles. The number of nitrogens with zero attached hydrogens (tertiary/aromatic N) is 1. The molecule has 0 radical (unpaired) electrons. The average molecular weight is 237 g/mol. The molecule has 0 saturated heterocycles. The second-order valence-corrected chi connectivity index (χ2v) is 4.66. The van der Waals surface area contributed by atoms with Crippen LogP contribution in [0.25, 0.3) is 0 Å². The summed E-state index contributed by atoms with van der Waals surface area (Å²) in [5.41, 5.74) is 6.24. The Morgan fingerprint density at radius 3 is 2.76 bits per heavy atom. The number of hydrogen-bond acceptors (Lipinski definition) is 3. The SMILES string of the molecule is NC1(CC(=O)Nc2ccc(F)nc2)CCCC1. The van der Waals surface area contributed by atoms with Crippen LogP contribution < -0.4 is 11.1 Å². The Balaban J connectivity index is 1.91. The van der Waals surface area contributed by atoms with Crippen molar-refractivity contribution in [3.05, 3.63) is 24.3 Å². The van der Waals surface area contributed by atoms with Gasteiger partial charge in [-0.1, -0.05) is 12.8 Å². The lowest BCUT2D eigenvalue weighted by Crippen LogP contribution is -2.40. The molecule has 17 heavy (non-hydrogen) atoms. The maximum Gasteiger partial charge on any atom is 0.226 e. The van der Waals surface area contributed by atoms with Crippen molar-refractivity contribution >= 4 is 11.6 Å². The molecule has 3 N–H and O–H groups in total. The van der Waals surface area contributed by atoms with Crippen LogP contribution in [0.4, 0.5) is 10.1 Å². The lowest BCUT2D eigenvalue weighted by atomic mass is 9.94. The number of hydrogen-bond donors (Lipinski definition) is 2. The summed E-state index contributed by atoms with van der Waals surface area (Å²) >= 11 is 0. The van der Waals surface area contributed by atoms with E-state index in [2.05, 4.69) is 10.3 Å². The van der Waals surface area contributed by atoms with Crippen LogP contribution in [0, 0.1) is 5.95 Å². The van der Waals surface area contributed by atoms with Crippen LogP contribution in [-0.4, -0.2) is 16.4 Å². The van der Waals surface area contributed by atoms with Crippen LogP contribution in [0.15, 0.2) is 18.3 Å². The maximum atomic E-state index is 12.6. The van der Waals surface area contributed by atoms with E-state index in [0.29, 0.717) is 12.1 Å². The molecule has 0 unspecified atom stereocenters. The molecule has 4 nitrogen and oxygen atoms in total. The van der Waals surface area contributed by atoms with Gasteiger partial charge in [0.2, 0.25) is 11.9 Å². The highest BCUT2D eigenvalue weighted by molar-refractivity contribution is 5.91. The number of nitrogens with two attached hydrogens (primary N) is 1. The highest BCUT2D eigenvalue weighted by atomic mass is 19.1. The zero-order valence-corrected chi connectivity index (χ0v) is 9.58. The van der Waals surface area contributed by atoms with E-state index >= 15 is 0 Å². The number of amides is 1. The predicted molar refractivity (Wildman–Crippen MR) is 62.8 cm³/mol. The molecule has 0 aromatic carbocycles. The van der Waals surface area contributed by atoms with Gasteiger partial charge in [-0.2, -0.15) is 4.39 Å². The summed E-state index contributed by atoms with van der Waals surface area (Å²) in [5.74, 6) is -0.697. The molecule has 0 spiro atoms. The largest absolute Gasteiger partial charge is 0.325 e. The Kier molecular flexibility index (Phi) is 3.38. The molecule has 1 fully saturated rings. The average Bonchev–Trinajstić information content (AvgIpc) is 2.68. The van der Waals surface area contributed by atoms with Crippen molar-refractivity contribution in [1.82, 2.24) is 4.98 Å². The zero-order valence-electron chi connectivity index (χ0n) is 9.58.